The van der Waals surface area contributed by atoms with Gasteiger partial charge in [0.25, 0.3) is 22.7 Å². The second-order valence-electron chi connectivity index (χ2n) is 5.40. The minimum absolute atomic E-state index is 0.462. The molecule has 0 radical (unpaired) electrons. The molecule has 13 nitrogen and oxygen atoms in total. The smallest absolute Gasteiger partial charge is 0.258 e. The predicted octanol–water partition coefficient (Wildman–Crippen LogP) is 3.17. The van der Waals surface area contributed by atoms with Crippen LogP contribution in [0.3, 0.4) is 0 Å². The Kier molecular flexibility index (Phi) is 5.55. The van der Waals surface area contributed by atoms with Gasteiger partial charge in [0.1, 0.15) is 11.1 Å². The quantitative estimate of drug-likeness (QED) is 0.505. The third-order valence-corrected chi connectivity index (χ3v) is 3.89. The van der Waals surface area contributed by atoms with E-state index in [0.29, 0.717) is 0 Å². The van der Waals surface area contributed by atoms with Gasteiger partial charge in [-0.1, -0.05) is 0 Å². The molecule has 0 amide bonds. The molecule has 2 rings (SSSR count). The monoisotopic (exact) mass is 387 g/mol. The summed E-state index contributed by atoms with van der Waals surface area (Å²) in [4.78, 5) is 41.4. The number of nitrogens with zero attached hydrogens (tertiary/aromatic N) is 5. The molecule has 0 N–H and O–H groups in total. The van der Waals surface area contributed by atoms with E-state index >= 15 is 0 Å². The van der Waals surface area contributed by atoms with Crippen molar-refractivity contribution in [3.05, 3.63) is 88.0 Å². The van der Waals surface area contributed by atoms with E-state index in [-0.39, 0.29) is 0 Å². The van der Waals surface area contributed by atoms with Crippen molar-refractivity contribution in [2.24, 2.45) is 0 Å². The van der Waals surface area contributed by atoms with Crippen LogP contribution in [0, 0.1) is 51.8 Å². The third-order valence-electron chi connectivity index (χ3n) is 3.89. The molecule has 13 heteroatoms. The van der Waals surface area contributed by atoms with Crippen LogP contribution < -0.4 is 0 Å². The summed E-state index contributed by atoms with van der Waals surface area (Å²) in [7, 11) is 0. The number of nitro benzene ring substituents is 4. The molecule has 2 aromatic rings. The van der Waals surface area contributed by atoms with Gasteiger partial charge in [-0.25, -0.2) is 0 Å². The Hall–Kier alpha value is -4.47. The fourth-order valence-electron chi connectivity index (χ4n) is 2.75. The van der Waals surface area contributed by atoms with Crippen molar-refractivity contribution < 1.29 is 19.7 Å². The Morgan fingerprint density at radius 2 is 1.11 bits per heavy atom. The molecule has 28 heavy (non-hydrogen) atoms. The van der Waals surface area contributed by atoms with Crippen LogP contribution in [0.2, 0.25) is 0 Å². The minimum Gasteiger partial charge on any atom is -0.258 e. The molecule has 0 aliphatic rings. The summed E-state index contributed by atoms with van der Waals surface area (Å²) in [6.45, 7) is 0. The summed E-state index contributed by atoms with van der Waals surface area (Å²) in [5.74, 6) is -1.61. The summed E-state index contributed by atoms with van der Waals surface area (Å²) in [6, 6.07) is 7.61. The summed E-state index contributed by atoms with van der Waals surface area (Å²) < 4.78 is 0. The number of hydrogen-bond acceptors (Lipinski definition) is 9. The Morgan fingerprint density at radius 3 is 1.43 bits per heavy atom. The van der Waals surface area contributed by atoms with Crippen molar-refractivity contribution in [1.82, 2.24) is 0 Å². The van der Waals surface area contributed by atoms with Crippen LogP contribution >= 0.6 is 0 Å². The summed E-state index contributed by atoms with van der Waals surface area (Å²) in [5, 5.41) is 54.5. The normalized spacial score (nSPS) is 11.2. The lowest BCUT2D eigenvalue weighted by Gasteiger charge is -2.11. The van der Waals surface area contributed by atoms with E-state index in [1.54, 1.807) is 6.07 Å². The van der Waals surface area contributed by atoms with Crippen LogP contribution in [0.25, 0.3) is 0 Å². The van der Waals surface area contributed by atoms with Crippen LogP contribution in [0.1, 0.15) is 17.0 Å². The summed E-state index contributed by atoms with van der Waals surface area (Å²) in [6.07, 6.45) is -0.699. The zero-order chi connectivity index (χ0) is 21.0. The lowest BCUT2D eigenvalue weighted by molar-refractivity contribution is -0.396. The number of rotatable bonds is 7. The predicted molar refractivity (Wildman–Crippen MR) is 91.6 cm³/mol. The lowest BCUT2D eigenvalue weighted by Crippen LogP contribution is -2.10. The number of nitriles is 1. The van der Waals surface area contributed by atoms with Crippen molar-refractivity contribution in [3.8, 4) is 6.07 Å². The maximum Gasteiger partial charge on any atom is 0.280 e. The fourth-order valence-corrected chi connectivity index (χ4v) is 2.75. The molecule has 0 fully saturated rings. The molecule has 0 aliphatic carbocycles. The third kappa shape index (κ3) is 3.70. The van der Waals surface area contributed by atoms with Gasteiger partial charge in [0.2, 0.25) is 0 Å². The van der Waals surface area contributed by atoms with Crippen LogP contribution in [-0.4, -0.2) is 19.7 Å². The molecular formula is C15H9N5O8. The molecule has 142 valence electrons. The first-order chi connectivity index (χ1) is 13.2. The molecule has 2 aromatic carbocycles. The van der Waals surface area contributed by atoms with E-state index in [9.17, 15) is 45.7 Å². The molecule has 0 heterocycles. The van der Waals surface area contributed by atoms with Gasteiger partial charge in [-0.2, -0.15) is 5.26 Å². The van der Waals surface area contributed by atoms with Gasteiger partial charge in [0.15, 0.2) is 0 Å². The summed E-state index contributed by atoms with van der Waals surface area (Å²) in [5.41, 5.74) is -3.85. The number of nitro groups is 4. The van der Waals surface area contributed by atoms with Gasteiger partial charge in [-0.05, 0) is 12.1 Å². The van der Waals surface area contributed by atoms with Crippen molar-refractivity contribution in [3.63, 3.8) is 0 Å². The molecule has 1 unspecified atom stereocenters. The first-order valence-corrected chi connectivity index (χ1v) is 7.41. The first kappa shape index (κ1) is 19.8. The van der Waals surface area contributed by atoms with Gasteiger partial charge < -0.3 is 0 Å². The van der Waals surface area contributed by atoms with E-state index in [1.165, 1.54) is 0 Å². The number of hydrogen-bond donors (Lipinski definition) is 0. The van der Waals surface area contributed by atoms with E-state index in [0.717, 1.165) is 36.4 Å². The molecule has 0 aromatic heterocycles. The zero-order valence-corrected chi connectivity index (χ0v) is 13.8. The lowest BCUT2D eigenvalue weighted by atomic mass is 9.89. The molecule has 0 aliphatic heterocycles. The highest BCUT2D eigenvalue weighted by Crippen LogP contribution is 2.39. The van der Waals surface area contributed by atoms with Crippen molar-refractivity contribution in [1.29, 1.82) is 5.26 Å². The van der Waals surface area contributed by atoms with E-state index in [1.807, 2.05) is 0 Å². The van der Waals surface area contributed by atoms with Gasteiger partial charge in [0.05, 0.1) is 31.7 Å². The van der Waals surface area contributed by atoms with Gasteiger partial charge in [0, 0.05) is 30.7 Å². The first-order valence-electron chi connectivity index (χ1n) is 7.41. The second kappa shape index (κ2) is 7.83. The number of benzene rings is 2. The van der Waals surface area contributed by atoms with Gasteiger partial charge in [-0.15, -0.1) is 0 Å². The van der Waals surface area contributed by atoms with E-state index in [2.05, 4.69) is 0 Å². The average molecular weight is 387 g/mol. The SMILES string of the molecule is N#CC(Cc1c([N+](=O)[O-])cccc1[N+](=O)[O-])c1c([N+](=O)[O-])cccc1[N+](=O)[O-]. The Labute approximate surface area is 155 Å². The second-order valence-corrected chi connectivity index (χ2v) is 5.40. The van der Waals surface area contributed by atoms with Crippen molar-refractivity contribution >= 4 is 22.7 Å². The average Bonchev–Trinajstić information content (AvgIpc) is 2.64. The maximum absolute atomic E-state index is 11.3. The Balaban J connectivity index is 2.73. The van der Waals surface area contributed by atoms with Gasteiger partial charge >= 0.3 is 0 Å². The Morgan fingerprint density at radius 1 is 0.750 bits per heavy atom. The largest absolute Gasteiger partial charge is 0.280 e. The highest BCUT2D eigenvalue weighted by atomic mass is 16.6. The van der Waals surface area contributed by atoms with Crippen LogP contribution in [0.4, 0.5) is 22.7 Å². The molecule has 0 spiro atoms. The highest BCUT2D eigenvalue weighted by molar-refractivity contribution is 5.60. The molecule has 1 atom stereocenters. The standard InChI is InChI=1S/C15H9N5O8/c16-8-9(15-13(19(25)26)5-2-6-14(15)20(27)28)7-10-11(17(21)22)3-1-4-12(10)18(23)24/h1-6,9H,7H2. The van der Waals surface area contributed by atoms with Crippen LogP contribution in [-0.2, 0) is 6.42 Å². The fraction of sp³-hybridized carbons (Fsp3) is 0.133. The van der Waals surface area contributed by atoms with Crippen molar-refractivity contribution in [2.45, 2.75) is 12.3 Å². The molecule has 0 bridgehead atoms. The molecular weight excluding hydrogens is 378 g/mol. The zero-order valence-electron chi connectivity index (χ0n) is 13.8. The summed E-state index contributed by atoms with van der Waals surface area (Å²) >= 11 is 0. The van der Waals surface area contributed by atoms with Gasteiger partial charge in [-0.3, -0.25) is 40.5 Å². The van der Waals surface area contributed by atoms with Crippen LogP contribution in [0.15, 0.2) is 36.4 Å². The van der Waals surface area contributed by atoms with Crippen LogP contribution in [0.5, 0.6) is 0 Å². The minimum atomic E-state index is -1.61. The highest BCUT2D eigenvalue weighted by Gasteiger charge is 2.35. The molecule has 0 saturated carbocycles. The van der Waals surface area contributed by atoms with E-state index < -0.39 is 65.9 Å². The topological polar surface area (TPSA) is 196 Å². The van der Waals surface area contributed by atoms with Crippen molar-refractivity contribution in [2.75, 3.05) is 0 Å². The molecule has 0 saturated heterocycles. The van der Waals surface area contributed by atoms with E-state index in [4.69, 9.17) is 0 Å². The Bertz CT molecular complexity index is 981. The maximum atomic E-state index is 11.3.